The molecule has 0 atom stereocenters. The lowest BCUT2D eigenvalue weighted by atomic mass is 9.92. The van der Waals surface area contributed by atoms with E-state index in [1.165, 1.54) is 0 Å². The van der Waals surface area contributed by atoms with Crippen molar-refractivity contribution in [3.8, 4) is 16.9 Å². The van der Waals surface area contributed by atoms with Gasteiger partial charge in [0.2, 0.25) is 0 Å². The smallest absolute Gasteiger partial charge is 0.260 e. The number of methoxy groups -OCH3 is 1. The monoisotopic (exact) mass is 355 g/mol. The van der Waals surface area contributed by atoms with Crippen LogP contribution < -0.4 is 10.3 Å². The van der Waals surface area contributed by atoms with Crippen molar-refractivity contribution in [3.63, 3.8) is 0 Å². The first-order valence-corrected chi connectivity index (χ1v) is 8.58. The van der Waals surface area contributed by atoms with Crippen molar-refractivity contribution in [2.24, 2.45) is 0 Å². The van der Waals surface area contributed by atoms with Crippen LogP contribution in [-0.4, -0.2) is 17.9 Å². The minimum atomic E-state index is -0.395. The molecule has 0 aliphatic heterocycles. The van der Waals surface area contributed by atoms with Crippen molar-refractivity contribution in [2.45, 2.75) is 0 Å². The number of rotatable bonds is 4. The van der Waals surface area contributed by atoms with E-state index in [9.17, 15) is 9.59 Å². The van der Waals surface area contributed by atoms with E-state index in [4.69, 9.17) is 4.74 Å². The summed E-state index contributed by atoms with van der Waals surface area (Å²) < 4.78 is 5.23. The molecule has 0 aliphatic rings. The van der Waals surface area contributed by atoms with Gasteiger partial charge in [0.05, 0.1) is 12.7 Å². The van der Waals surface area contributed by atoms with Gasteiger partial charge in [-0.1, -0.05) is 60.7 Å². The van der Waals surface area contributed by atoms with Crippen molar-refractivity contribution in [1.29, 1.82) is 0 Å². The Balaban J connectivity index is 2.04. The van der Waals surface area contributed by atoms with Crippen molar-refractivity contribution in [3.05, 3.63) is 100 Å². The van der Waals surface area contributed by atoms with Crippen LogP contribution in [0.5, 0.6) is 5.75 Å². The molecule has 4 aromatic rings. The third-order valence-electron chi connectivity index (χ3n) is 4.56. The van der Waals surface area contributed by atoms with Crippen LogP contribution >= 0.6 is 0 Å². The summed E-state index contributed by atoms with van der Waals surface area (Å²) in [5.74, 6) is 0.414. The molecule has 3 aromatic carbocycles. The Labute approximate surface area is 156 Å². The van der Waals surface area contributed by atoms with E-state index in [0.29, 0.717) is 22.4 Å². The SMILES string of the molecule is COc1ccc(-c2c(C(=O)c3ccccc3)c(=O)[nH]c3ccccc23)cc1. The van der Waals surface area contributed by atoms with Gasteiger partial charge in [0.1, 0.15) is 5.75 Å². The number of hydrogen-bond acceptors (Lipinski definition) is 3. The molecule has 0 saturated carbocycles. The zero-order valence-corrected chi connectivity index (χ0v) is 14.7. The van der Waals surface area contributed by atoms with E-state index in [1.807, 2.05) is 54.6 Å². The molecule has 132 valence electrons. The number of aromatic nitrogens is 1. The average molecular weight is 355 g/mol. The molecule has 0 unspecified atom stereocenters. The first-order chi connectivity index (χ1) is 13.2. The Bertz CT molecular complexity index is 1180. The second kappa shape index (κ2) is 6.92. The number of hydrogen-bond donors (Lipinski definition) is 1. The van der Waals surface area contributed by atoms with Crippen LogP contribution in [0.2, 0.25) is 0 Å². The van der Waals surface area contributed by atoms with E-state index in [0.717, 1.165) is 10.9 Å². The maximum Gasteiger partial charge on any atom is 0.260 e. The quantitative estimate of drug-likeness (QED) is 0.551. The Hall–Kier alpha value is -3.66. The predicted octanol–water partition coefficient (Wildman–Crippen LogP) is 4.43. The lowest BCUT2D eigenvalue weighted by Crippen LogP contribution is -2.20. The fourth-order valence-corrected chi connectivity index (χ4v) is 3.25. The highest BCUT2D eigenvalue weighted by Crippen LogP contribution is 2.31. The Morgan fingerprint density at radius 1 is 0.852 bits per heavy atom. The van der Waals surface area contributed by atoms with E-state index in [1.54, 1.807) is 31.4 Å². The van der Waals surface area contributed by atoms with E-state index in [-0.39, 0.29) is 11.3 Å². The fraction of sp³-hybridized carbons (Fsp3) is 0.0435. The number of ketones is 1. The molecular formula is C23H17NO3. The minimum absolute atomic E-state index is 0.144. The van der Waals surface area contributed by atoms with Crippen LogP contribution in [0.25, 0.3) is 22.0 Å². The van der Waals surface area contributed by atoms with Gasteiger partial charge in [0, 0.05) is 22.0 Å². The standard InChI is InChI=1S/C23H17NO3/c1-27-17-13-11-15(12-14-17)20-18-9-5-6-10-19(18)24-23(26)21(20)22(25)16-7-3-2-4-8-16/h2-14H,1H3,(H,24,26). The number of para-hydroxylation sites is 1. The van der Waals surface area contributed by atoms with Crippen LogP contribution in [0, 0.1) is 0 Å². The van der Waals surface area contributed by atoms with Gasteiger partial charge in [-0.15, -0.1) is 0 Å². The fourth-order valence-electron chi connectivity index (χ4n) is 3.25. The number of benzene rings is 3. The van der Waals surface area contributed by atoms with Gasteiger partial charge in [-0.3, -0.25) is 9.59 Å². The summed E-state index contributed by atoms with van der Waals surface area (Å²) in [6.45, 7) is 0. The lowest BCUT2D eigenvalue weighted by Gasteiger charge is -2.13. The highest BCUT2D eigenvalue weighted by Gasteiger charge is 2.21. The maximum absolute atomic E-state index is 13.2. The van der Waals surface area contributed by atoms with Gasteiger partial charge >= 0.3 is 0 Å². The minimum Gasteiger partial charge on any atom is -0.497 e. The number of pyridine rings is 1. The summed E-state index contributed by atoms with van der Waals surface area (Å²) in [7, 11) is 1.60. The lowest BCUT2D eigenvalue weighted by molar-refractivity contribution is 0.103. The zero-order chi connectivity index (χ0) is 18.8. The van der Waals surface area contributed by atoms with Crippen molar-refractivity contribution >= 4 is 16.7 Å². The predicted molar refractivity (Wildman–Crippen MR) is 106 cm³/mol. The topological polar surface area (TPSA) is 59.2 Å². The first kappa shape index (κ1) is 16.8. The van der Waals surface area contributed by atoms with Crippen LogP contribution in [0.3, 0.4) is 0 Å². The van der Waals surface area contributed by atoms with Crippen LogP contribution in [0.4, 0.5) is 0 Å². The molecule has 0 aliphatic carbocycles. The number of carbonyl (C=O) groups excluding carboxylic acids is 1. The third kappa shape index (κ3) is 3.02. The summed E-state index contributed by atoms with van der Waals surface area (Å²) >= 11 is 0. The van der Waals surface area contributed by atoms with Gasteiger partial charge in [-0.2, -0.15) is 0 Å². The van der Waals surface area contributed by atoms with Gasteiger partial charge in [-0.25, -0.2) is 0 Å². The molecule has 1 N–H and O–H groups in total. The third-order valence-corrected chi connectivity index (χ3v) is 4.56. The number of ether oxygens (including phenoxy) is 1. The number of carbonyl (C=O) groups is 1. The molecule has 4 heteroatoms. The molecule has 0 bridgehead atoms. The van der Waals surface area contributed by atoms with Crippen LogP contribution in [0.15, 0.2) is 83.7 Å². The number of fused-ring (bicyclic) bond motifs is 1. The zero-order valence-electron chi connectivity index (χ0n) is 14.7. The highest BCUT2D eigenvalue weighted by atomic mass is 16.5. The van der Waals surface area contributed by atoms with E-state index < -0.39 is 5.56 Å². The van der Waals surface area contributed by atoms with Crippen molar-refractivity contribution < 1.29 is 9.53 Å². The summed E-state index contributed by atoms with van der Waals surface area (Å²) in [4.78, 5) is 28.9. The Morgan fingerprint density at radius 3 is 2.22 bits per heavy atom. The maximum atomic E-state index is 13.2. The molecule has 27 heavy (non-hydrogen) atoms. The Morgan fingerprint density at radius 2 is 1.52 bits per heavy atom. The second-order valence-electron chi connectivity index (χ2n) is 6.17. The number of H-pyrrole nitrogens is 1. The van der Waals surface area contributed by atoms with Crippen molar-refractivity contribution in [1.82, 2.24) is 4.98 Å². The highest BCUT2D eigenvalue weighted by molar-refractivity contribution is 6.16. The summed E-state index contributed by atoms with van der Waals surface area (Å²) in [5.41, 5.74) is 2.34. The largest absolute Gasteiger partial charge is 0.497 e. The van der Waals surface area contributed by atoms with Gasteiger partial charge < -0.3 is 9.72 Å². The molecular weight excluding hydrogens is 338 g/mol. The van der Waals surface area contributed by atoms with Gasteiger partial charge in [0.25, 0.3) is 5.56 Å². The second-order valence-corrected chi connectivity index (χ2v) is 6.17. The molecule has 1 aromatic heterocycles. The number of aromatic amines is 1. The molecule has 0 amide bonds. The average Bonchev–Trinajstić information content (AvgIpc) is 2.73. The normalized spacial score (nSPS) is 10.7. The summed E-state index contributed by atoms with van der Waals surface area (Å²) in [5, 5.41) is 0.821. The first-order valence-electron chi connectivity index (χ1n) is 8.58. The van der Waals surface area contributed by atoms with Crippen LogP contribution in [0.1, 0.15) is 15.9 Å². The van der Waals surface area contributed by atoms with Crippen LogP contribution in [-0.2, 0) is 0 Å². The molecule has 0 saturated heterocycles. The number of nitrogens with one attached hydrogen (secondary N) is 1. The molecule has 4 nitrogen and oxygen atoms in total. The van der Waals surface area contributed by atoms with Gasteiger partial charge in [0.15, 0.2) is 5.78 Å². The molecule has 0 radical (unpaired) electrons. The molecule has 0 spiro atoms. The molecule has 4 rings (SSSR count). The van der Waals surface area contributed by atoms with Gasteiger partial charge in [-0.05, 0) is 23.8 Å². The van der Waals surface area contributed by atoms with E-state index >= 15 is 0 Å². The summed E-state index contributed by atoms with van der Waals surface area (Å²) in [6.07, 6.45) is 0. The summed E-state index contributed by atoms with van der Waals surface area (Å²) in [6, 6.07) is 23.7. The van der Waals surface area contributed by atoms with E-state index in [2.05, 4.69) is 4.98 Å². The Kier molecular flexibility index (Phi) is 4.30. The molecule has 0 fully saturated rings. The van der Waals surface area contributed by atoms with Crippen molar-refractivity contribution in [2.75, 3.05) is 7.11 Å². The molecule has 1 heterocycles.